The van der Waals surface area contributed by atoms with Crippen LogP contribution in [0.15, 0.2) is 23.8 Å². The van der Waals surface area contributed by atoms with E-state index in [1.165, 1.54) is 6.08 Å². The fourth-order valence-corrected chi connectivity index (χ4v) is 1.04. The molecule has 1 atom stereocenters. The number of ketones is 1. The Morgan fingerprint density at radius 1 is 1.31 bits per heavy atom. The number of hydrogen-bond donors (Lipinski definition) is 2. The highest BCUT2D eigenvalue weighted by atomic mass is 16.4. The van der Waals surface area contributed by atoms with Crippen LogP contribution in [0.25, 0.3) is 0 Å². The summed E-state index contributed by atoms with van der Waals surface area (Å²) in [6.45, 7) is 0. The first kappa shape index (κ1) is 9.18. The van der Waals surface area contributed by atoms with Crippen molar-refractivity contribution >= 4 is 17.7 Å². The molecule has 0 aliphatic heterocycles. The maximum Gasteiger partial charge on any atom is 0.332 e. The van der Waals surface area contributed by atoms with Crippen LogP contribution in [-0.4, -0.2) is 27.9 Å². The lowest BCUT2D eigenvalue weighted by molar-refractivity contribution is -0.146. The van der Waals surface area contributed by atoms with E-state index >= 15 is 0 Å². The van der Waals surface area contributed by atoms with Gasteiger partial charge in [0, 0.05) is 0 Å². The molecule has 0 fully saturated rings. The van der Waals surface area contributed by atoms with Gasteiger partial charge in [0.2, 0.25) is 0 Å². The van der Waals surface area contributed by atoms with Gasteiger partial charge in [-0.3, -0.25) is 9.59 Å². The molecule has 5 heteroatoms. The van der Waals surface area contributed by atoms with E-state index in [0.29, 0.717) is 0 Å². The maximum absolute atomic E-state index is 11.0. The van der Waals surface area contributed by atoms with E-state index in [1.54, 1.807) is 0 Å². The molecule has 0 radical (unpaired) electrons. The molecule has 0 aromatic rings. The highest BCUT2D eigenvalue weighted by molar-refractivity contribution is 6.14. The van der Waals surface area contributed by atoms with Gasteiger partial charge < -0.3 is 10.2 Å². The smallest absolute Gasteiger partial charge is 0.332 e. The summed E-state index contributed by atoms with van der Waals surface area (Å²) in [6.07, 6.45) is 3.39. The summed E-state index contributed by atoms with van der Waals surface area (Å²) >= 11 is 0. The number of allylic oxidation sites excluding steroid dienone is 3. The van der Waals surface area contributed by atoms with Crippen molar-refractivity contribution in [3.8, 4) is 0 Å². The second-order valence-electron chi connectivity index (χ2n) is 2.46. The van der Waals surface area contributed by atoms with Gasteiger partial charge in [0.15, 0.2) is 11.7 Å². The number of carboxylic acids is 2. The van der Waals surface area contributed by atoms with Gasteiger partial charge >= 0.3 is 11.9 Å². The Kier molecular flexibility index (Phi) is 2.27. The zero-order chi connectivity index (χ0) is 10.0. The van der Waals surface area contributed by atoms with E-state index in [4.69, 9.17) is 10.2 Å². The summed E-state index contributed by atoms with van der Waals surface area (Å²) in [6, 6.07) is 0. The number of hydrogen-bond acceptors (Lipinski definition) is 3. The number of carbonyl (C=O) groups is 3. The molecule has 1 unspecified atom stereocenters. The molecule has 13 heavy (non-hydrogen) atoms. The number of carbonyl (C=O) groups excluding carboxylic acids is 1. The average Bonchev–Trinajstić information content (AvgIpc) is 2.02. The molecule has 1 rings (SSSR count). The van der Waals surface area contributed by atoms with Crippen LogP contribution in [0.2, 0.25) is 0 Å². The molecule has 0 heterocycles. The third-order valence-electron chi connectivity index (χ3n) is 1.63. The van der Waals surface area contributed by atoms with E-state index in [1.807, 2.05) is 0 Å². The Labute approximate surface area is 73.0 Å². The molecule has 0 aromatic carbocycles. The van der Waals surface area contributed by atoms with E-state index in [9.17, 15) is 14.4 Å². The summed E-state index contributed by atoms with van der Waals surface area (Å²) in [4.78, 5) is 32.0. The van der Waals surface area contributed by atoms with E-state index < -0.39 is 29.2 Å². The first-order chi connectivity index (χ1) is 6.04. The van der Waals surface area contributed by atoms with Crippen molar-refractivity contribution in [2.24, 2.45) is 5.92 Å². The average molecular weight is 182 g/mol. The fraction of sp³-hybridized carbons (Fsp3) is 0.125. The quantitative estimate of drug-likeness (QED) is 0.579. The SMILES string of the molecule is O=C(O)C1=CC=CC(=O)C1C(=O)O. The third kappa shape index (κ3) is 1.64. The van der Waals surface area contributed by atoms with Crippen LogP contribution >= 0.6 is 0 Å². The second-order valence-corrected chi connectivity index (χ2v) is 2.46. The molecular weight excluding hydrogens is 176 g/mol. The Balaban J connectivity index is 3.10. The van der Waals surface area contributed by atoms with E-state index in [0.717, 1.165) is 12.2 Å². The van der Waals surface area contributed by atoms with Gasteiger partial charge in [0.25, 0.3) is 0 Å². The first-order valence-corrected chi connectivity index (χ1v) is 3.42. The minimum absolute atomic E-state index is 0.403. The minimum atomic E-state index is -1.57. The Bertz CT molecular complexity index is 336. The molecular formula is C8H6O5. The molecule has 0 spiro atoms. The van der Waals surface area contributed by atoms with Crippen molar-refractivity contribution in [3.63, 3.8) is 0 Å². The van der Waals surface area contributed by atoms with Gasteiger partial charge in [-0.1, -0.05) is 12.2 Å². The molecule has 0 saturated heterocycles. The Morgan fingerprint density at radius 2 is 1.92 bits per heavy atom. The van der Waals surface area contributed by atoms with Crippen molar-refractivity contribution < 1.29 is 24.6 Å². The summed E-state index contributed by atoms with van der Waals surface area (Å²) < 4.78 is 0. The van der Waals surface area contributed by atoms with Crippen molar-refractivity contribution in [2.75, 3.05) is 0 Å². The zero-order valence-corrected chi connectivity index (χ0v) is 6.43. The van der Waals surface area contributed by atoms with Crippen LogP contribution in [0.1, 0.15) is 0 Å². The second kappa shape index (κ2) is 3.22. The normalized spacial score (nSPS) is 21.1. The lowest BCUT2D eigenvalue weighted by Gasteiger charge is -2.11. The van der Waals surface area contributed by atoms with E-state index in [2.05, 4.69) is 0 Å². The standard InChI is InChI=1S/C8H6O5/c9-5-3-1-2-4(7(10)11)6(5)8(12)13/h1-3,6H,(H,10,11)(H,12,13). The van der Waals surface area contributed by atoms with E-state index in [-0.39, 0.29) is 0 Å². The summed E-state index contributed by atoms with van der Waals surface area (Å²) in [5, 5.41) is 17.1. The van der Waals surface area contributed by atoms with Crippen LogP contribution in [0.5, 0.6) is 0 Å². The molecule has 0 aromatic heterocycles. The van der Waals surface area contributed by atoms with Crippen LogP contribution in [0, 0.1) is 5.92 Å². The van der Waals surface area contributed by atoms with Crippen LogP contribution < -0.4 is 0 Å². The third-order valence-corrected chi connectivity index (χ3v) is 1.63. The monoisotopic (exact) mass is 182 g/mol. The Hall–Kier alpha value is -1.91. The fourth-order valence-electron chi connectivity index (χ4n) is 1.04. The molecule has 2 N–H and O–H groups in total. The molecule has 0 bridgehead atoms. The number of aliphatic carboxylic acids is 2. The minimum Gasteiger partial charge on any atom is -0.480 e. The molecule has 5 nitrogen and oxygen atoms in total. The summed E-state index contributed by atoms with van der Waals surface area (Å²) in [5.41, 5.74) is -0.403. The Morgan fingerprint density at radius 3 is 2.31 bits per heavy atom. The maximum atomic E-state index is 11.0. The van der Waals surface area contributed by atoms with Gasteiger partial charge in [0.05, 0.1) is 5.57 Å². The van der Waals surface area contributed by atoms with Crippen molar-refractivity contribution in [3.05, 3.63) is 23.8 Å². The lowest BCUT2D eigenvalue weighted by atomic mass is 9.90. The van der Waals surface area contributed by atoms with Crippen LogP contribution in [0.4, 0.5) is 0 Å². The topological polar surface area (TPSA) is 91.7 Å². The molecule has 68 valence electrons. The highest BCUT2D eigenvalue weighted by Gasteiger charge is 2.33. The predicted molar refractivity (Wildman–Crippen MR) is 41.0 cm³/mol. The molecule has 1 aliphatic carbocycles. The van der Waals surface area contributed by atoms with Gasteiger partial charge in [-0.05, 0) is 6.08 Å². The van der Waals surface area contributed by atoms with Gasteiger partial charge in [-0.15, -0.1) is 0 Å². The number of rotatable bonds is 2. The summed E-state index contributed by atoms with van der Waals surface area (Å²) in [5.74, 6) is -5.11. The van der Waals surface area contributed by atoms with Crippen LogP contribution in [-0.2, 0) is 14.4 Å². The van der Waals surface area contributed by atoms with Gasteiger partial charge in [-0.25, -0.2) is 4.79 Å². The van der Waals surface area contributed by atoms with Crippen molar-refractivity contribution in [2.45, 2.75) is 0 Å². The van der Waals surface area contributed by atoms with Crippen LogP contribution in [0.3, 0.4) is 0 Å². The van der Waals surface area contributed by atoms with Gasteiger partial charge in [0.1, 0.15) is 0 Å². The van der Waals surface area contributed by atoms with Crippen molar-refractivity contribution in [1.82, 2.24) is 0 Å². The first-order valence-electron chi connectivity index (χ1n) is 3.42. The molecule has 1 aliphatic rings. The highest BCUT2D eigenvalue weighted by Crippen LogP contribution is 2.17. The largest absolute Gasteiger partial charge is 0.480 e. The predicted octanol–water partition coefficient (Wildman–Crippen LogP) is -0.163. The summed E-state index contributed by atoms with van der Waals surface area (Å²) in [7, 11) is 0. The molecule has 0 saturated carbocycles. The van der Waals surface area contributed by atoms with Crippen molar-refractivity contribution in [1.29, 1.82) is 0 Å². The zero-order valence-electron chi connectivity index (χ0n) is 6.43. The number of carboxylic acid groups (broad SMARTS) is 2. The van der Waals surface area contributed by atoms with Gasteiger partial charge in [-0.2, -0.15) is 0 Å². The lowest BCUT2D eigenvalue weighted by Crippen LogP contribution is -2.29. The molecule has 0 amide bonds.